The lowest BCUT2D eigenvalue weighted by molar-refractivity contribution is -0.276. The van der Waals surface area contributed by atoms with Crippen LogP contribution in [0.15, 0.2) is 78.9 Å². The van der Waals surface area contributed by atoms with Gasteiger partial charge < -0.3 is 30.3 Å². The summed E-state index contributed by atoms with van der Waals surface area (Å²) in [6, 6.07) is 24.9. The van der Waals surface area contributed by atoms with Gasteiger partial charge in [0.15, 0.2) is 6.29 Å². The Hall–Kier alpha value is -3.60. The lowest BCUT2D eigenvalue weighted by atomic mass is 9.89. The molecule has 4 N–H and O–H groups in total. The third kappa shape index (κ3) is 9.95. The molecule has 46 heavy (non-hydrogen) atoms. The summed E-state index contributed by atoms with van der Waals surface area (Å²) in [5.41, 5.74) is 4.25. The largest absolute Gasteiger partial charge is 0.392 e. The van der Waals surface area contributed by atoms with Crippen LogP contribution in [0.4, 0.5) is 5.69 Å². The molecule has 0 bridgehead atoms. The van der Waals surface area contributed by atoms with Crippen LogP contribution in [0.1, 0.15) is 87.2 Å². The van der Waals surface area contributed by atoms with E-state index in [2.05, 4.69) is 22.5 Å². The van der Waals surface area contributed by atoms with Crippen molar-refractivity contribution in [2.75, 3.05) is 25.5 Å². The molecule has 3 aromatic carbocycles. The van der Waals surface area contributed by atoms with Crippen LogP contribution in [-0.4, -0.2) is 59.2 Å². The Morgan fingerprint density at radius 2 is 1.59 bits per heavy atom. The lowest BCUT2D eigenvalue weighted by Gasteiger charge is -2.43. The molecule has 0 saturated carbocycles. The number of rotatable bonds is 15. The SMILES string of the molecule is CC(=O)NCCCCCC(=O)Nc1ccc([C@H]2O[C@@H](CN(C)[C@H](C)[C@@H](O)c3ccccc3)[C@@H](C)[C@@H](c3ccc(CO)cc3)O2)cc1. The van der Waals surface area contributed by atoms with E-state index in [0.29, 0.717) is 25.2 Å². The second kappa shape index (κ2) is 17.4. The summed E-state index contributed by atoms with van der Waals surface area (Å²) in [5.74, 6) is -0.0906. The molecule has 9 heteroatoms. The van der Waals surface area contributed by atoms with Gasteiger partial charge in [-0.15, -0.1) is 0 Å². The van der Waals surface area contributed by atoms with Gasteiger partial charge >= 0.3 is 0 Å². The predicted molar refractivity (Wildman–Crippen MR) is 179 cm³/mol. The van der Waals surface area contributed by atoms with E-state index in [1.54, 1.807) is 0 Å². The highest BCUT2D eigenvalue weighted by molar-refractivity contribution is 5.90. The molecular weight excluding hydrogens is 582 g/mol. The van der Waals surface area contributed by atoms with Crippen LogP contribution >= 0.6 is 0 Å². The summed E-state index contributed by atoms with van der Waals surface area (Å²) in [6.07, 6.45) is 1.13. The Balaban J connectivity index is 1.43. The first-order valence-corrected chi connectivity index (χ1v) is 16.2. The van der Waals surface area contributed by atoms with E-state index in [9.17, 15) is 19.8 Å². The second-order valence-electron chi connectivity index (χ2n) is 12.3. The number of likely N-dealkylation sites (N-methyl/N-ethyl adjacent to an activating group) is 1. The third-order valence-electron chi connectivity index (χ3n) is 8.81. The van der Waals surface area contributed by atoms with Gasteiger partial charge in [0.25, 0.3) is 0 Å². The molecule has 1 fully saturated rings. The number of aliphatic hydroxyl groups excluding tert-OH is 2. The first-order chi connectivity index (χ1) is 22.2. The molecule has 6 atom stereocenters. The second-order valence-corrected chi connectivity index (χ2v) is 12.3. The molecule has 1 aliphatic rings. The minimum absolute atomic E-state index is 0.00320. The van der Waals surface area contributed by atoms with E-state index in [1.807, 2.05) is 92.8 Å². The number of nitrogens with zero attached hydrogens (tertiary/aromatic N) is 1. The summed E-state index contributed by atoms with van der Waals surface area (Å²) in [6.45, 7) is 6.82. The first kappa shape index (κ1) is 35.3. The number of benzene rings is 3. The maximum atomic E-state index is 12.5. The van der Waals surface area contributed by atoms with E-state index in [1.165, 1.54) is 6.92 Å². The van der Waals surface area contributed by atoms with Crippen LogP contribution in [-0.2, 0) is 25.7 Å². The molecule has 3 aromatic rings. The zero-order valence-corrected chi connectivity index (χ0v) is 27.4. The molecule has 2 amide bonds. The summed E-state index contributed by atoms with van der Waals surface area (Å²) < 4.78 is 13.2. The molecule has 1 saturated heterocycles. The number of amides is 2. The lowest BCUT2D eigenvalue weighted by Crippen LogP contribution is -2.46. The van der Waals surface area contributed by atoms with Gasteiger partial charge in [-0.2, -0.15) is 0 Å². The number of carbonyl (C=O) groups is 2. The number of unbranched alkanes of at least 4 members (excludes halogenated alkanes) is 2. The van der Waals surface area contributed by atoms with Gasteiger partial charge in [-0.25, -0.2) is 0 Å². The maximum absolute atomic E-state index is 12.5. The minimum Gasteiger partial charge on any atom is -0.392 e. The van der Waals surface area contributed by atoms with E-state index in [4.69, 9.17) is 9.47 Å². The highest BCUT2D eigenvalue weighted by Crippen LogP contribution is 2.42. The predicted octanol–water partition coefficient (Wildman–Crippen LogP) is 5.66. The third-order valence-corrected chi connectivity index (χ3v) is 8.81. The minimum atomic E-state index is -0.648. The highest BCUT2D eigenvalue weighted by Gasteiger charge is 2.39. The molecule has 9 nitrogen and oxygen atoms in total. The van der Waals surface area contributed by atoms with Crippen molar-refractivity contribution in [1.82, 2.24) is 10.2 Å². The van der Waals surface area contributed by atoms with Crippen LogP contribution in [0.2, 0.25) is 0 Å². The number of nitrogens with one attached hydrogen (secondary N) is 2. The van der Waals surface area contributed by atoms with Crippen LogP contribution < -0.4 is 10.6 Å². The molecule has 1 heterocycles. The Morgan fingerprint density at radius 1 is 0.913 bits per heavy atom. The van der Waals surface area contributed by atoms with Crippen molar-refractivity contribution in [3.8, 4) is 0 Å². The normalized spacial score (nSPS) is 21.0. The van der Waals surface area contributed by atoms with E-state index < -0.39 is 12.4 Å². The van der Waals surface area contributed by atoms with Gasteiger partial charge in [0.1, 0.15) is 0 Å². The van der Waals surface area contributed by atoms with E-state index in [-0.39, 0.29) is 42.6 Å². The monoisotopic (exact) mass is 631 g/mol. The number of anilines is 1. The van der Waals surface area contributed by atoms with Gasteiger partial charge in [0.05, 0.1) is 24.9 Å². The van der Waals surface area contributed by atoms with Crippen molar-refractivity contribution in [3.63, 3.8) is 0 Å². The average Bonchev–Trinajstić information content (AvgIpc) is 3.07. The molecule has 248 valence electrons. The van der Waals surface area contributed by atoms with Crippen LogP contribution in [0, 0.1) is 5.92 Å². The van der Waals surface area contributed by atoms with Crippen LogP contribution in [0.3, 0.4) is 0 Å². The first-order valence-electron chi connectivity index (χ1n) is 16.2. The van der Waals surface area contributed by atoms with Crippen molar-refractivity contribution in [2.45, 2.75) is 83.7 Å². The van der Waals surface area contributed by atoms with Crippen LogP contribution in [0.5, 0.6) is 0 Å². The van der Waals surface area contributed by atoms with Gasteiger partial charge in [-0.05, 0) is 55.6 Å². The van der Waals surface area contributed by atoms with Gasteiger partial charge in [0.2, 0.25) is 11.8 Å². The average molecular weight is 632 g/mol. The molecule has 0 aromatic heterocycles. The number of hydrogen-bond donors (Lipinski definition) is 4. The summed E-state index contributed by atoms with van der Waals surface area (Å²) in [5, 5.41) is 26.4. The molecular formula is C37H49N3O6. The van der Waals surface area contributed by atoms with Gasteiger partial charge in [0, 0.05) is 49.6 Å². The molecule has 0 radical (unpaired) electrons. The zero-order valence-electron chi connectivity index (χ0n) is 27.4. The fourth-order valence-electron chi connectivity index (χ4n) is 5.75. The van der Waals surface area contributed by atoms with Crippen LogP contribution in [0.25, 0.3) is 0 Å². The zero-order chi connectivity index (χ0) is 33.1. The number of hydrogen-bond acceptors (Lipinski definition) is 7. The quantitative estimate of drug-likeness (QED) is 0.160. The Bertz CT molecular complexity index is 1370. The summed E-state index contributed by atoms with van der Waals surface area (Å²) in [7, 11) is 2.00. The van der Waals surface area contributed by atoms with Crippen molar-refractivity contribution >= 4 is 17.5 Å². The van der Waals surface area contributed by atoms with Crippen molar-refractivity contribution in [1.29, 1.82) is 0 Å². The topological polar surface area (TPSA) is 120 Å². The maximum Gasteiger partial charge on any atom is 0.224 e. The van der Waals surface area contributed by atoms with Gasteiger partial charge in [-0.3, -0.25) is 14.5 Å². The fraction of sp³-hybridized carbons (Fsp3) is 0.459. The van der Waals surface area contributed by atoms with Crippen molar-refractivity contribution < 1.29 is 29.3 Å². The Morgan fingerprint density at radius 3 is 2.24 bits per heavy atom. The van der Waals surface area contributed by atoms with Crippen molar-refractivity contribution in [2.24, 2.45) is 5.92 Å². The Kier molecular flexibility index (Phi) is 13.3. The van der Waals surface area contributed by atoms with E-state index >= 15 is 0 Å². The smallest absolute Gasteiger partial charge is 0.224 e. The highest BCUT2D eigenvalue weighted by atomic mass is 16.7. The number of carbonyl (C=O) groups excluding carboxylic acids is 2. The molecule has 0 unspecified atom stereocenters. The van der Waals surface area contributed by atoms with Crippen molar-refractivity contribution in [3.05, 3.63) is 101 Å². The fourth-order valence-corrected chi connectivity index (χ4v) is 5.75. The molecule has 0 spiro atoms. The van der Waals surface area contributed by atoms with Gasteiger partial charge in [-0.1, -0.05) is 80.1 Å². The number of ether oxygens (including phenoxy) is 2. The summed E-state index contributed by atoms with van der Waals surface area (Å²) >= 11 is 0. The van der Waals surface area contributed by atoms with E-state index in [0.717, 1.165) is 41.5 Å². The standard InChI is InChI=1S/C37H49N3O6/c1-25-33(23-40(4)26(2)35(44)29-11-7-5-8-12-29)45-37(46-36(25)30-16-14-28(24-41)15-17-30)31-18-20-32(21-19-31)39-34(43)13-9-6-10-22-38-27(3)42/h5,7-8,11-12,14-21,25-26,33,35-37,41,44H,6,9-10,13,22-24H2,1-4H3,(H,38,42)(H,39,43)/t25-,26-,33+,35-,36+,37+/m1/s1. The Labute approximate surface area is 272 Å². The number of aliphatic hydroxyl groups is 2. The summed E-state index contributed by atoms with van der Waals surface area (Å²) in [4.78, 5) is 25.6. The molecule has 4 rings (SSSR count). The molecule has 1 aliphatic heterocycles. The molecule has 0 aliphatic carbocycles.